The fraction of sp³-hybridized carbons (Fsp3) is 0. The first kappa shape index (κ1) is 13.3. The number of phenols is 1. The molecule has 5 nitrogen and oxygen atoms in total. The summed E-state index contributed by atoms with van der Waals surface area (Å²) in [5, 5.41) is 23.3. The summed E-state index contributed by atoms with van der Waals surface area (Å²) in [7, 11) is 0. The van der Waals surface area contributed by atoms with E-state index in [0.29, 0.717) is 21.8 Å². The Morgan fingerprint density at radius 2 is 1.71 bits per heavy atom. The highest BCUT2D eigenvalue weighted by Gasteiger charge is 2.17. The summed E-state index contributed by atoms with van der Waals surface area (Å²) < 4.78 is 0. The molecule has 0 fully saturated rings. The quantitative estimate of drug-likeness (QED) is 0.583. The van der Waals surface area contributed by atoms with E-state index >= 15 is 0 Å². The molecule has 21 heavy (non-hydrogen) atoms. The number of hydrogen-bond donors (Lipinski definition) is 1. The molecule has 0 radical (unpaired) electrons. The SMILES string of the molecule is O=[N+]([O-])c1ccccc1-c1csc(-c2ccccc2O)n1. The molecule has 0 saturated carbocycles. The fourth-order valence-corrected chi connectivity index (χ4v) is 2.88. The second kappa shape index (κ2) is 5.34. The monoisotopic (exact) mass is 298 g/mol. The molecule has 0 saturated heterocycles. The average molecular weight is 298 g/mol. The first-order valence-electron chi connectivity index (χ1n) is 6.14. The Kier molecular flexibility index (Phi) is 3.37. The van der Waals surface area contributed by atoms with Crippen molar-refractivity contribution in [2.24, 2.45) is 0 Å². The molecule has 104 valence electrons. The molecule has 1 N–H and O–H groups in total. The molecule has 0 aliphatic heterocycles. The van der Waals surface area contributed by atoms with Crippen molar-refractivity contribution in [3.63, 3.8) is 0 Å². The number of nitrogens with zero attached hydrogens (tertiary/aromatic N) is 2. The number of aromatic nitrogens is 1. The molecule has 3 rings (SSSR count). The minimum Gasteiger partial charge on any atom is -0.507 e. The van der Waals surface area contributed by atoms with Crippen LogP contribution in [-0.4, -0.2) is 15.0 Å². The van der Waals surface area contributed by atoms with Crippen molar-refractivity contribution < 1.29 is 10.0 Å². The molecule has 0 unspecified atom stereocenters. The van der Waals surface area contributed by atoms with Crippen LogP contribution in [0, 0.1) is 10.1 Å². The lowest BCUT2D eigenvalue weighted by molar-refractivity contribution is -0.384. The van der Waals surface area contributed by atoms with Crippen molar-refractivity contribution in [1.29, 1.82) is 0 Å². The van der Waals surface area contributed by atoms with Crippen LogP contribution in [0.1, 0.15) is 0 Å². The predicted octanol–water partition coefficient (Wildman–Crippen LogP) is 4.09. The Morgan fingerprint density at radius 3 is 2.43 bits per heavy atom. The molecule has 0 spiro atoms. The van der Waals surface area contributed by atoms with Crippen LogP contribution in [0.25, 0.3) is 21.8 Å². The molecular weight excluding hydrogens is 288 g/mol. The smallest absolute Gasteiger partial charge is 0.278 e. The molecule has 0 atom stereocenters. The van der Waals surface area contributed by atoms with Gasteiger partial charge in [-0.05, 0) is 18.2 Å². The molecule has 1 heterocycles. The summed E-state index contributed by atoms with van der Waals surface area (Å²) in [6.45, 7) is 0. The molecule has 2 aromatic carbocycles. The minimum absolute atomic E-state index is 0.0200. The minimum atomic E-state index is -0.422. The van der Waals surface area contributed by atoms with E-state index in [1.807, 2.05) is 0 Å². The van der Waals surface area contributed by atoms with E-state index in [1.54, 1.807) is 47.8 Å². The highest BCUT2D eigenvalue weighted by Crippen LogP contribution is 2.36. The van der Waals surface area contributed by atoms with Crippen LogP contribution in [0.2, 0.25) is 0 Å². The van der Waals surface area contributed by atoms with E-state index in [1.165, 1.54) is 17.4 Å². The van der Waals surface area contributed by atoms with E-state index in [0.717, 1.165) is 0 Å². The average Bonchev–Trinajstić information content (AvgIpc) is 2.97. The summed E-state index contributed by atoms with van der Waals surface area (Å²) in [6, 6.07) is 13.4. The first-order valence-corrected chi connectivity index (χ1v) is 7.02. The number of hydrogen-bond acceptors (Lipinski definition) is 5. The van der Waals surface area contributed by atoms with Gasteiger partial charge in [-0.2, -0.15) is 0 Å². The van der Waals surface area contributed by atoms with Crippen molar-refractivity contribution in [1.82, 2.24) is 4.98 Å². The summed E-state index contributed by atoms with van der Waals surface area (Å²) in [4.78, 5) is 15.1. The normalized spacial score (nSPS) is 10.5. The zero-order valence-electron chi connectivity index (χ0n) is 10.8. The van der Waals surface area contributed by atoms with Crippen LogP contribution >= 0.6 is 11.3 Å². The molecule has 1 aromatic heterocycles. The Balaban J connectivity index is 2.08. The van der Waals surface area contributed by atoms with E-state index in [4.69, 9.17) is 0 Å². The maximum absolute atomic E-state index is 11.1. The number of thiazole rings is 1. The van der Waals surface area contributed by atoms with E-state index < -0.39 is 4.92 Å². The van der Waals surface area contributed by atoms with Crippen LogP contribution in [0.3, 0.4) is 0 Å². The van der Waals surface area contributed by atoms with Gasteiger partial charge in [-0.25, -0.2) is 4.98 Å². The van der Waals surface area contributed by atoms with Gasteiger partial charge in [0.05, 0.1) is 21.7 Å². The molecule has 0 bridgehead atoms. The molecular formula is C15H10N2O3S. The zero-order chi connectivity index (χ0) is 14.8. The van der Waals surface area contributed by atoms with Gasteiger partial charge in [-0.1, -0.05) is 24.3 Å². The Morgan fingerprint density at radius 1 is 1.05 bits per heavy atom. The standard InChI is InChI=1S/C15H10N2O3S/c18-14-8-4-2-6-11(14)15-16-12(9-21-15)10-5-1-3-7-13(10)17(19)20/h1-9,18H. The van der Waals surface area contributed by atoms with Gasteiger partial charge in [0.15, 0.2) is 0 Å². The van der Waals surface area contributed by atoms with Gasteiger partial charge in [-0.15, -0.1) is 11.3 Å². The molecule has 6 heteroatoms. The van der Waals surface area contributed by atoms with Gasteiger partial charge < -0.3 is 5.11 Å². The molecule has 0 aliphatic rings. The largest absolute Gasteiger partial charge is 0.507 e. The van der Waals surface area contributed by atoms with Crippen LogP contribution in [0.5, 0.6) is 5.75 Å². The lowest BCUT2D eigenvalue weighted by Gasteiger charge is -2.00. The summed E-state index contributed by atoms with van der Waals surface area (Å²) in [6.07, 6.45) is 0. The lowest BCUT2D eigenvalue weighted by Crippen LogP contribution is -1.91. The van der Waals surface area contributed by atoms with Crippen molar-refractivity contribution in [3.8, 4) is 27.6 Å². The number of nitro groups is 1. The van der Waals surface area contributed by atoms with Crippen LogP contribution in [0.4, 0.5) is 5.69 Å². The van der Waals surface area contributed by atoms with Gasteiger partial charge in [0.25, 0.3) is 5.69 Å². The van der Waals surface area contributed by atoms with Gasteiger partial charge in [0.2, 0.25) is 0 Å². The van der Waals surface area contributed by atoms with E-state index in [2.05, 4.69) is 4.98 Å². The van der Waals surface area contributed by atoms with Crippen molar-refractivity contribution in [2.45, 2.75) is 0 Å². The van der Waals surface area contributed by atoms with Crippen LogP contribution < -0.4 is 0 Å². The Bertz CT molecular complexity index is 814. The molecule has 0 aliphatic carbocycles. The van der Waals surface area contributed by atoms with Gasteiger partial charge in [0.1, 0.15) is 10.8 Å². The lowest BCUT2D eigenvalue weighted by atomic mass is 10.1. The third kappa shape index (κ3) is 2.48. The third-order valence-corrected chi connectivity index (χ3v) is 3.89. The van der Waals surface area contributed by atoms with Crippen molar-refractivity contribution in [2.75, 3.05) is 0 Å². The highest BCUT2D eigenvalue weighted by molar-refractivity contribution is 7.13. The van der Waals surface area contributed by atoms with Crippen molar-refractivity contribution >= 4 is 17.0 Å². The van der Waals surface area contributed by atoms with E-state index in [9.17, 15) is 15.2 Å². The Hall–Kier alpha value is -2.73. The van der Waals surface area contributed by atoms with Crippen molar-refractivity contribution in [3.05, 3.63) is 64.0 Å². The van der Waals surface area contributed by atoms with Gasteiger partial charge in [-0.3, -0.25) is 10.1 Å². The summed E-state index contributed by atoms with van der Waals surface area (Å²) in [5.41, 5.74) is 1.64. The predicted molar refractivity (Wildman–Crippen MR) is 81.3 cm³/mol. The number of benzene rings is 2. The highest BCUT2D eigenvalue weighted by atomic mass is 32.1. The maximum atomic E-state index is 11.1. The third-order valence-electron chi connectivity index (χ3n) is 3.02. The molecule has 3 aromatic rings. The van der Waals surface area contributed by atoms with Crippen LogP contribution in [-0.2, 0) is 0 Å². The summed E-state index contributed by atoms with van der Waals surface area (Å²) >= 11 is 1.34. The topological polar surface area (TPSA) is 76.3 Å². The summed E-state index contributed by atoms with van der Waals surface area (Å²) in [5.74, 6) is 0.140. The number of nitro benzene ring substituents is 1. The second-order valence-corrected chi connectivity index (χ2v) is 5.19. The molecule has 0 amide bonds. The van der Waals surface area contributed by atoms with E-state index in [-0.39, 0.29) is 11.4 Å². The number of phenolic OH excluding ortho intramolecular Hbond substituents is 1. The Labute approximate surface area is 124 Å². The number of rotatable bonds is 3. The zero-order valence-corrected chi connectivity index (χ0v) is 11.6. The van der Waals surface area contributed by atoms with Gasteiger partial charge in [0, 0.05) is 11.4 Å². The van der Waals surface area contributed by atoms with Gasteiger partial charge >= 0.3 is 0 Å². The fourth-order valence-electron chi connectivity index (χ4n) is 2.03. The number of aromatic hydroxyl groups is 1. The first-order chi connectivity index (χ1) is 10.2. The maximum Gasteiger partial charge on any atom is 0.278 e. The number of para-hydroxylation sites is 2. The van der Waals surface area contributed by atoms with Crippen LogP contribution in [0.15, 0.2) is 53.9 Å². The second-order valence-electron chi connectivity index (χ2n) is 4.33.